The predicted octanol–water partition coefficient (Wildman–Crippen LogP) is 3.38. The lowest BCUT2D eigenvalue weighted by atomic mass is 10.1. The van der Waals surface area contributed by atoms with Gasteiger partial charge in [0.05, 0.1) is 0 Å². The summed E-state index contributed by atoms with van der Waals surface area (Å²) in [7, 11) is 1.97. The molecular formula is C15H25NO. The molecule has 1 N–H and O–H groups in total. The quantitative estimate of drug-likeness (QED) is 0.816. The molecule has 0 saturated heterocycles. The fourth-order valence-electron chi connectivity index (χ4n) is 2.06. The van der Waals surface area contributed by atoms with Crippen LogP contribution in [-0.2, 0) is 0 Å². The van der Waals surface area contributed by atoms with Crippen LogP contribution in [0.1, 0.15) is 36.5 Å². The molecule has 0 aliphatic heterocycles. The van der Waals surface area contributed by atoms with Gasteiger partial charge in [0.2, 0.25) is 0 Å². The van der Waals surface area contributed by atoms with Crippen molar-refractivity contribution in [3.05, 3.63) is 28.8 Å². The summed E-state index contributed by atoms with van der Waals surface area (Å²) in [5.41, 5.74) is 3.83. The Labute approximate surface area is 105 Å². The molecule has 1 aromatic rings. The number of benzene rings is 1. The van der Waals surface area contributed by atoms with Gasteiger partial charge in [-0.2, -0.15) is 0 Å². The average Bonchev–Trinajstić information content (AvgIpc) is 2.26. The second kappa shape index (κ2) is 6.65. The van der Waals surface area contributed by atoms with E-state index in [0.717, 1.165) is 25.1 Å². The van der Waals surface area contributed by atoms with E-state index >= 15 is 0 Å². The third kappa shape index (κ3) is 4.04. The van der Waals surface area contributed by atoms with E-state index < -0.39 is 0 Å². The van der Waals surface area contributed by atoms with Crippen LogP contribution in [0.4, 0.5) is 0 Å². The Kier molecular flexibility index (Phi) is 5.49. The monoisotopic (exact) mass is 235 g/mol. The molecule has 0 heterocycles. The molecule has 0 fully saturated rings. The first kappa shape index (κ1) is 14.0. The Bertz CT molecular complexity index is 354. The molecular weight excluding hydrogens is 210 g/mol. The molecule has 0 aromatic heterocycles. The van der Waals surface area contributed by atoms with Crippen LogP contribution in [0.5, 0.6) is 5.75 Å². The molecule has 0 radical (unpaired) electrons. The summed E-state index contributed by atoms with van der Waals surface area (Å²) in [4.78, 5) is 0. The van der Waals surface area contributed by atoms with E-state index in [-0.39, 0.29) is 6.10 Å². The zero-order chi connectivity index (χ0) is 12.8. The Morgan fingerprint density at radius 2 is 1.94 bits per heavy atom. The van der Waals surface area contributed by atoms with Gasteiger partial charge in [-0.1, -0.05) is 19.4 Å². The van der Waals surface area contributed by atoms with Crippen LogP contribution in [0.25, 0.3) is 0 Å². The summed E-state index contributed by atoms with van der Waals surface area (Å²) in [6.45, 7) is 9.49. The van der Waals surface area contributed by atoms with E-state index in [9.17, 15) is 0 Å². The third-order valence-electron chi connectivity index (χ3n) is 3.10. The van der Waals surface area contributed by atoms with Crippen molar-refractivity contribution in [2.45, 2.75) is 46.6 Å². The lowest BCUT2D eigenvalue weighted by Crippen LogP contribution is -2.29. The SMILES string of the molecule is CCCC(CNC)Oc1cc(C)cc(C)c1C. The van der Waals surface area contributed by atoms with Gasteiger partial charge in [-0.25, -0.2) is 0 Å². The lowest BCUT2D eigenvalue weighted by Gasteiger charge is -2.21. The zero-order valence-corrected chi connectivity index (χ0v) is 11.8. The first-order chi connectivity index (χ1) is 8.08. The number of likely N-dealkylation sites (N-methyl/N-ethyl adjacent to an activating group) is 1. The third-order valence-corrected chi connectivity index (χ3v) is 3.10. The maximum absolute atomic E-state index is 6.13. The van der Waals surface area contributed by atoms with Gasteiger partial charge < -0.3 is 10.1 Å². The topological polar surface area (TPSA) is 21.3 Å². The van der Waals surface area contributed by atoms with Crippen LogP contribution in [0, 0.1) is 20.8 Å². The van der Waals surface area contributed by atoms with Gasteiger partial charge in [-0.3, -0.25) is 0 Å². The Morgan fingerprint density at radius 3 is 2.53 bits per heavy atom. The van der Waals surface area contributed by atoms with Gasteiger partial charge in [-0.15, -0.1) is 0 Å². The Balaban J connectivity index is 2.84. The second-order valence-corrected chi connectivity index (χ2v) is 4.79. The molecule has 1 unspecified atom stereocenters. The largest absolute Gasteiger partial charge is 0.489 e. The molecule has 0 aliphatic carbocycles. The maximum Gasteiger partial charge on any atom is 0.123 e. The highest BCUT2D eigenvalue weighted by Gasteiger charge is 2.11. The van der Waals surface area contributed by atoms with Crippen LogP contribution >= 0.6 is 0 Å². The molecule has 96 valence electrons. The van der Waals surface area contributed by atoms with Crippen molar-refractivity contribution in [3.8, 4) is 5.75 Å². The van der Waals surface area contributed by atoms with Gasteiger partial charge in [0.1, 0.15) is 11.9 Å². The van der Waals surface area contributed by atoms with Crippen LogP contribution in [0.3, 0.4) is 0 Å². The first-order valence-electron chi connectivity index (χ1n) is 6.47. The van der Waals surface area contributed by atoms with E-state index in [2.05, 4.69) is 45.1 Å². The summed E-state index contributed by atoms with van der Waals surface area (Å²) in [6.07, 6.45) is 2.51. The van der Waals surface area contributed by atoms with E-state index in [0.29, 0.717) is 0 Å². The molecule has 2 nitrogen and oxygen atoms in total. The van der Waals surface area contributed by atoms with Crippen LogP contribution < -0.4 is 10.1 Å². The molecule has 0 bridgehead atoms. The molecule has 1 aromatic carbocycles. The number of hydrogen-bond acceptors (Lipinski definition) is 2. The number of rotatable bonds is 6. The van der Waals surface area contributed by atoms with Crippen molar-refractivity contribution in [1.29, 1.82) is 0 Å². The van der Waals surface area contributed by atoms with Crippen molar-refractivity contribution >= 4 is 0 Å². The van der Waals surface area contributed by atoms with E-state index in [1.165, 1.54) is 16.7 Å². The number of nitrogens with one attached hydrogen (secondary N) is 1. The van der Waals surface area contributed by atoms with Gasteiger partial charge in [0.15, 0.2) is 0 Å². The van der Waals surface area contributed by atoms with E-state index in [1.54, 1.807) is 0 Å². The molecule has 1 atom stereocenters. The first-order valence-corrected chi connectivity index (χ1v) is 6.47. The molecule has 1 rings (SSSR count). The average molecular weight is 235 g/mol. The lowest BCUT2D eigenvalue weighted by molar-refractivity contribution is 0.188. The Morgan fingerprint density at radius 1 is 1.24 bits per heavy atom. The smallest absolute Gasteiger partial charge is 0.123 e. The highest BCUT2D eigenvalue weighted by atomic mass is 16.5. The number of aryl methyl sites for hydroxylation is 2. The minimum absolute atomic E-state index is 0.268. The van der Waals surface area contributed by atoms with Crippen LogP contribution in [0.15, 0.2) is 12.1 Å². The zero-order valence-electron chi connectivity index (χ0n) is 11.8. The van der Waals surface area contributed by atoms with Crippen LogP contribution in [0.2, 0.25) is 0 Å². The summed E-state index contributed by atoms with van der Waals surface area (Å²) < 4.78 is 6.13. The fraction of sp³-hybridized carbons (Fsp3) is 0.600. The van der Waals surface area contributed by atoms with Crippen molar-refractivity contribution in [2.24, 2.45) is 0 Å². The molecule has 0 aliphatic rings. The van der Waals surface area contributed by atoms with E-state index in [1.807, 2.05) is 7.05 Å². The normalized spacial score (nSPS) is 12.5. The molecule has 17 heavy (non-hydrogen) atoms. The highest BCUT2D eigenvalue weighted by Crippen LogP contribution is 2.24. The summed E-state index contributed by atoms with van der Waals surface area (Å²) >= 11 is 0. The number of hydrogen-bond donors (Lipinski definition) is 1. The fourth-order valence-corrected chi connectivity index (χ4v) is 2.06. The maximum atomic E-state index is 6.13. The standard InChI is InChI=1S/C15H25NO/c1-6-7-14(10-16-5)17-15-9-11(2)8-12(3)13(15)4/h8-9,14,16H,6-7,10H2,1-5H3. The molecule has 0 saturated carbocycles. The van der Waals surface area contributed by atoms with Crippen molar-refractivity contribution in [1.82, 2.24) is 5.32 Å². The summed E-state index contributed by atoms with van der Waals surface area (Å²) in [5.74, 6) is 1.04. The minimum Gasteiger partial charge on any atom is -0.489 e. The Hall–Kier alpha value is -1.02. The van der Waals surface area contributed by atoms with Crippen molar-refractivity contribution in [3.63, 3.8) is 0 Å². The van der Waals surface area contributed by atoms with Crippen molar-refractivity contribution in [2.75, 3.05) is 13.6 Å². The van der Waals surface area contributed by atoms with Gasteiger partial charge in [-0.05, 0) is 57.0 Å². The van der Waals surface area contributed by atoms with Gasteiger partial charge >= 0.3 is 0 Å². The van der Waals surface area contributed by atoms with Crippen molar-refractivity contribution < 1.29 is 4.74 Å². The molecule has 0 amide bonds. The van der Waals surface area contributed by atoms with Crippen LogP contribution in [-0.4, -0.2) is 19.7 Å². The van der Waals surface area contributed by atoms with Gasteiger partial charge in [0.25, 0.3) is 0 Å². The molecule has 0 spiro atoms. The molecule has 2 heteroatoms. The predicted molar refractivity (Wildman–Crippen MR) is 73.9 cm³/mol. The second-order valence-electron chi connectivity index (χ2n) is 4.79. The van der Waals surface area contributed by atoms with E-state index in [4.69, 9.17) is 4.74 Å². The van der Waals surface area contributed by atoms with Gasteiger partial charge in [0, 0.05) is 6.54 Å². The number of ether oxygens (including phenoxy) is 1. The summed E-state index contributed by atoms with van der Waals surface area (Å²) in [5, 5.41) is 3.20. The minimum atomic E-state index is 0.268. The summed E-state index contributed by atoms with van der Waals surface area (Å²) in [6, 6.07) is 4.34. The highest BCUT2D eigenvalue weighted by molar-refractivity contribution is 5.42.